The molecule has 4 rings (SSSR count). The van der Waals surface area contributed by atoms with Crippen LogP contribution in [0.5, 0.6) is 0 Å². The number of carbonyl (C=O) groups is 1. The molecule has 0 aliphatic heterocycles. The summed E-state index contributed by atoms with van der Waals surface area (Å²) in [5, 5.41) is 4.04. The number of fused-ring (bicyclic) bond motifs is 3. The number of imidazole rings is 1. The van der Waals surface area contributed by atoms with Gasteiger partial charge in [-0.1, -0.05) is 30.3 Å². The van der Waals surface area contributed by atoms with Gasteiger partial charge in [0.1, 0.15) is 0 Å². The van der Waals surface area contributed by atoms with Gasteiger partial charge in [-0.3, -0.25) is 4.79 Å². The molecule has 2 fully saturated rings. The normalized spacial score (nSPS) is 27.6. The molecule has 4 nitrogen and oxygen atoms in total. The second-order valence-electron chi connectivity index (χ2n) is 7.84. The van der Waals surface area contributed by atoms with Crippen LogP contribution in [0, 0.1) is 17.8 Å². The van der Waals surface area contributed by atoms with Gasteiger partial charge in [-0.25, -0.2) is 4.98 Å². The molecule has 1 aromatic carbocycles. The van der Waals surface area contributed by atoms with Gasteiger partial charge < -0.3 is 9.88 Å². The number of benzene rings is 1. The maximum atomic E-state index is 12.7. The molecule has 134 valence electrons. The van der Waals surface area contributed by atoms with Gasteiger partial charge in [0.05, 0.1) is 16.3 Å². The Balaban J connectivity index is 1.39. The highest BCUT2D eigenvalue weighted by Gasteiger charge is 2.42. The zero-order chi connectivity index (χ0) is 17.6. The van der Waals surface area contributed by atoms with Crippen molar-refractivity contribution in [3.05, 3.63) is 24.3 Å². The smallest absolute Gasteiger partial charge is 0.233 e. The van der Waals surface area contributed by atoms with Gasteiger partial charge in [0, 0.05) is 13.1 Å². The van der Waals surface area contributed by atoms with Gasteiger partial charge in [0.2, 0.25) is 5.91 Å². The standard InChI is InChI=1S/C20H27N3OS/c1-12(16-11-14-8-9-15(16)10-14)21-19(24)13(2)25-20-22-17-6-4-5-7-18(17)23(20)3/h4-7,12-16H,8-11H2,1-3H3,(H,21,24). The molecule has 1 heterocycles. The first-order valence-electron chi connectivity index (χ1n) is 9.41. The Morgan fingerprint density at radius 3 is 2.76 bits per heavy atom. The fraction of sp³-hybridized carbons (Fsp3) is 0.600. The minimum Gasteiger partial charge on any atom is -0.352 e. The van der Waals surface area contributed by atoms with Gasteiger partial charge in [0.25, 0.3) is 0 Å². The Morgan fingerprint density at radius 2 is 2.08 bits per heavy atom. The van der Waals surface area contributed by atoms with Gasteiger partial charge in [0.15, 0.2) is 5.16 Å². The molecule has 0 saturated heterocycles. The molecule has 1 N–H and O–H groups in total. The van der Waals surface area contributed by atoms with Crippen LogP contribution in [0.3, 0.4) is 0 Å². The predicted molar refractivity (Wildman–Crippen MR) is 103 cm³/mol. The molecular weight excluding hydrogens is 330 g/mol. The lowest BCUT2D eigenvalue weighted by atomic mass is 9.84. The molecule has 5 atom stereocenters. The van der Waals surface area contributed by atoms with Crippen molar-refractivity contribution in [2.75, 3.05) is 0 Å². The summed E-state index contributed by atoms with van der Waals surface area (Å²) >= 11 is 1.54. The van der Waals surface area contributed by atoms with Crippen LogP contribution in [-0.2, 0) is 11.8 Å². The van der Waals surface area contributed by atoms with Crippen molar-refractivity contribution < 1.29 is 4.79 Å². The number of nitrogens with one attached hydrogen (secondary N) is 1. The molecule has 1 amide bonds. The van der Waals surface area contributed by atoms with E-state index in [9.17, 15) is 4.79 Å². The highest BCUT2D eigenvalue weighted by molar-refractivity contribution is 8.00. The Hall–Kier alpha value is -1.49. The molecule has 2 saturated carbocycles. The van der Waals surface area contributed by atoms with Gasteiger partial charge in [-0.05, 0) is 63.0 Å². The van der Waals surface area contributed by atoms with E-state index in [1.165, 1.54) is 25.7 Å². The summed E-state index contributed by atoms with van der Waals surface area (Å²) in [7, 11) is 2.01. The highest BCUT2D eigenvalue weighted by Crippen LogP contribution is 2.49. The lowest BCUT2D eigenvalue weighted by molar-refractivity contribution is -0.121. The number of rotatable bonds is 5. The Bertz CT molecular complexity index is 786. The fourth-order valence-corrected chi connectivity index (χ4v) is 5.69. The van der Waals surface area contributed by atoms with Crippen molar-refractivity contribution in [1.82, 2.24) is 14.9 Å². The summed E-state index contributed by atoms with van der Waals surface area (Å²) in [4.78, 5) is 17.3. The second kappa shape index (κ2) is 6.67. The van der Waals surface area contributed by atoms with Crippen LogP contribution in [-0.4, -0.2) is 26.8 Å². The summed E-state index contributed by atoms with van der Waals surface area (Å²) in [6, 6.07) is 8.38. The largest absolute Gasteiger partial charge is 0.352 e. The third-order valence-corrected chi connectivity index (χ3v) is 7.35. The van der Waals surface area contributed by atoms with E-state index in [1.807, 2.05) is 32.2 Å². The molecule has 2 aromatic rings. The zero-order valence-electron chi connectivity index (χ0n) is 15.2. The third-order valence-electron chi connectivity index (χ3n) is 6.20. The average Bonchev–Trinajstić information content (AvgIpc) is 3.30. The van der Waals surface area contributed by atoms with Crippen LogP contribution in [0.1, 0.15) is 39.5 Å². The number of thioether (sulfide) groups is 1. The lowest BCUT2D eigenvalue weighted by Gasteiger charge is -2.29. The first-order chi connectivity index (χ1) is 12.0. The molecule has 1 aromatic heterocycles. The fourth-order valence-electron chi connectivity index (χ4n) is 4.80. The van der Waals surface area contributed by atoms with Gasteiger partial charge >= 0.3 is 0 Å². The van der Waals surface area contributed by atoms with Gasteiger partial charge in [-0.2, -0.15) is 0 Å². The van der Waals surface area contributed by atoms with E-state index in [0.717, 1.165) is 28.0 Å². The van der Waals surface area contributed by atoms with Gasteiger partial charge in [-0.15, -0.1) is 0 Å². The van der Waals surface area contributed by atoms with Crippen molar-refractivity contribution in [2.45, 2.75) is 56.0 Å². The van der Waals surface area contributed by atoms with Crippen LogP contribution in [0.15, 0.2) is 29.4 Å². The summed E-state index contributed by atoms with van der Waals surface area (Å²) in [6.45, 7) is 4.17. The van der Waals surface area contributed by atoms with Crippen LogP contribution >= 0.6 is 11.8 Å². The maximum Gasteiger partial charge on any atom is 0.233 e. The molecule has 2 aliphatic rings. The van der Waals surface area contributed by atoms with Crippen LogP contribution in [0.2, 0.25) is 0 Å². The molecule has 2 bridgehead atoms. The number of aromatic nitrogens is 2. The number of amides is 1. The maximum absolute atomic E-state index is 12.7. The molecular formula is C20H27N3OS. The Labute approximate surface area is 153 Å². The van der Waals surface area contributed by atoms with Crippen molar-refractivity contribution in [3.63, 3.8) is 0 Å². The Morgan fingerprint density at radius 1 is 1.28 bits per heavy atom. The quantitative estimate of drug-likeness (QED) is 0.823. The van der Waals surface area contributed by atoms with E-state index < -0.39 is 0 Å². The second-order valence-corrected chi connectivity index (χ2v) is 9.15. The first kappa shape index (κ1) is 17.0. The SMILES string of the molecule is CC(Sc1nc2ccccc2n1C)C(=O)NC(C)C1CC2CCC1C2. The topological polar surface area (TPSA) is 46.9 Å². The van der Waals surface area contributed by atoms with Crippen molar-refractivity contribution in [3.8, 4) is 0 Å². The molecule has 25 heavy (non-hydrogen) atoms. The Kier molecular flexibility index (Phi) is 4.52. The van der Waals surface area contributed by atoms with E-state index >= 15 is 0 Å². The number of para-hydroxylation sites is 2. The van der Waals surface area contributed by atoms with E-state index in [-0.39, 0.29) is 17.2 Å². The zero-order valence-corrected chi connectivity index (χ0v) is 16.1. The van der Waals surface area contributed by atoms with Crippen LogP contribution in [0.4, 0.5) is 0 Å². The predicted octanol–water partition coefficient (Wildman–Crippen LogP) is 3.99. The van der Waals surface area contributed by atoms with Crippen molar-refractivity contribution in [2.24, 2.45) is 24.8 Å². The highest BCUT2D eigenvalue weighted by atomic mass is 32.2. The number of hydrogen-bond acceptors (Lipinski definition) is 3. The number of aryl methyl sites for hydroxylation is 1. The summed E-state index contributed by atoms with van der Waals surface area (Å²) in [5.74, 6) is 2.56. The molecule has 0 spiro atoms. The average molecular weight is 358 g/mol. The summed E-state index contributed by atoms with van der Waals surface area (Å²) in [6.07, 6.45) is 5.45. The number of carbonyl (C=O) groups excluding carboxylic acids is 1. The molecule has 0 radical (unpaired) electrons. The third kappa shape index (κ3) is 3.19. The minimum atomic E-state index is -0.142. The summed E-state index contributed by atoms with van der Waals surface area (Å²) < 4.78 is 2.07. The first-order valence-corrected chi connectivity index (χ1v) is 10.3. The lowest BCUT2D eigenvalue weighted by Crippen LogP contribution is -2.43. The minimum absolute atomic E-state index is 0.132. The van der Waals surface area contributed by atoms with Crippen LogP contribution in [0.25, 0.3) is 11.0 Å². The molecule has 2 aliphatic carbocycles. The van der Waals surface area contributed by atoms with Crippen LogP contribution < -0.4 is 5.32 Å². The molecule has 5 unspecified atom stereocenters. The van der Waals surface area contributed by atoms with E-state index in [1.54, 1.807) is 11.8 Å². The summed E-state index contributed by atoms with van der Waals surface area (Å²) in [5.41, 5.74) is 2.09. The van der Waals surface area contributed by atoms with E-state index in [4.69, 9.17) is 0 Å². The van der Waals surface area contributed by atoms with E-state index in [0.29, 0.717) is 5.92 Å². The monoisotopic (exact) mass is 357 g/mol. The molecule has 5 heteroatoms. The van der Waals surface area contributed by atoms with E-state index in [2.05, 4.69) is 27.9 Å². The van der Waals surface area contributed by atoms with Crippen molar-refractivity contribution >= 4 is 28.7 Å². The number of nitrogens with zero attached hydrogens (tertiary/aromatic N) is 2. The number of hydrogen-bond donors (Lipinski definition) is 1. The van der Waals surface area contributed by atoms with Crippen molar-refractivity contribution in [1.29, 1.82) is 0 Å².